The van der Waals surface area contributed by atoms with Crippen LogP contribution in [0.5, 0.6) is 0 Å². The lowest BCUT2D eigenvalue weighted by Gasteiger charge is -2.12. The summed E-state index contributed by atoms with van der Waals surface area (Å²) in [4.78, 5) is 27.7. The van der Waals surface area contributed by atoms with Gasteiger partial charge in [-0.2, -0.15) is 4.98 Å². The molecule has 2 aromatic heterocycles. The molecular formula is C20H16N4O. The Morgan fingerprint density at radius 2 is 1.68 bits per heavy atom. The fourth-order valence-corrected chi connectivity index (χ4v) is 3.12. The number of hydrogen-bond acceptors (Lipinski definition) is 4. The van der Waals surface area contributed by atoms with Crippen LogP contribution in [0, 0.1) is 6.92 Å². The number of para-hydroxylation sites is 1. The van der Waals surface area contributed by atoms with Crippen molar-refractivity contribution in [2.45, 2.75) is 13.3 Å². The monoisotopic (exact) mass is 328 g/mol. The van der Waals surface area contributed by atoms with E-state index < -0.39 is 0 Å². The Labute approximate surface area is 144 Å². The quantitative estimate of drug-likeness (QED) is 0.626. The van der Waals surface area contributed by atoms with Crippen molar-refractivity contribution in [1.82, 2.24) is 19.9 Å². The predicted octanol–water partition coefficient (Wildman–Crippen LogP) is 3.28. The average molecular weight is 328 g/mol. The molecule has 0 bridgehead atoms. The third-order valence-electron chi connectivity index (χ3n) is 4.22. The minimum atomic E-state index is -0.342. The summed E-state index contributed by atoms with van der Waals surface area (Å²) < 4.78 is 0. The van der Waals surface area contributed by atoms with E-state index in [0.29, 0.717) is 6.42 Å². The molecular weight excluding hydrogens is 312 g/mol. The Hall–Kier alpha value is -3.34. The Bertz CT molecular complexity index is 1100. The SMILES string of the molecule is Cc1[nH]c(=O)nc(Cc2ncnc3ccccc23)c1-c1ccccc1. The van der Waals surface area contributed by atoms with Crippen molar-refractivity contribution in [1.29, 1.82) is 0 Å². The molecule has 122 valence electrons. The molecule has 0 spiro atoms. The molecule has 0 amide bonds. The first-order valence-electron chi connectivity index (χ1n) is 8.06. The van der Waals surface area contributed by atoms with Gasteiger partial charge in [-0.15, -0.1) is 0 Å². The van der Waals surface area contributed by atoms with Gasteiger partial charge in [0, 0.05) is 23.1 Å². The Morgan fingerprint density at radius 1 is 0.920 bits per heavy atom. The number of nitrogens with zero attached hydrogens (tertiary/aromatic N) is 3. The minimum absolute atomic E-state index is 0.342. The predicted molar refractivity (Wildman–Crippen MR) is 97.4 cm³/mol. The smallest absolute Gasteiger partial charge is 0.309 e. The first-order chi connectivity index (χ1) is 12.2. The Morgan fingerprint density at radius 3 is 2.52 bits per heavy atom. The molecule has 2 aromatic carbocycles. The van der Waals surface area contributed by atoms with Gasteiger partial charge in [0.2, 0.25) is 0 Å². The molecule has 0 atom stereocenters. The van der Waals surface area contributed by atoms with E-state index in [4.69, 9.17) is 0 Å². The van der Waals surface area contributed by atoms with Gasteiger partial charge in [-0.1, -0.05) is 48.5 Å². The molecule has 25 heavy (non-hydrogen) atoms. The molecule has 4 rings (SSSR count). The molecule has 0 fully saturated rings. The number of fused-ring (bicyclic) bond motifs is 1. The summed E-state index contributed by atoms with van der Waals surface area (Å²) in [5, 5.41) is 0.976. The zero-order valence-corrected chi connectivity index (χ0v) is 13.7. The number of H-pyrrole nitrogens is 1. The number of nitrogens with one attached hydrogen (secondary N) is 1. The van der Waals surface area contributed by atoms with Gasteiger partial charge in [0.15, 0.2) is 0 Å². The van der Waals surface area contributed by atoms with Gasteiger partial charge in [-0.05, 0) is 18.6 Å². The highest BCUT2D eigenvalue weighted by atomic mass is 16.1. The van der Waals surface area contributed by atoms with Crippen LogP contribution in [0.2, 0.25) is 0 Å². The highest BCUT2D eigenvalue weighted by molar-refractivity contribution is 5.81. The zero-order valence-electron chi connectivity index (χ0n) is 13.7. The van der Waals surface area contributed by atoms with E-state index in [9.17, 15) is 4.79 Å². The van der Waals surface area contributed by atoms with Crippen molar-refractivity contribution in [2.75, 3.05) is 0 Å². The largest absolute Gasteiger partial charge is 0.345 e. The lowest BCUT2D eigenvalue weighted by molar-refractivity contribution is 0.936. The van der Waals surface area contributed by atoms with Gasteiger partial charge in [-0.25, -0.2) is 14.8 Å². The highest BCUT2D eigenvalue weighted by Gasteiger charge is 2.14. The van der Waals surface area contributed by atoms with E-state index in [0.717, 1.165) is 39.1 Å². The molecule has 0 saturated carbocycles. The Balaban J connectivity index is 1.89. The van der Waals surface area contributed by atoms with Crippen molar-refractivity contribution < 1.29 is 0 Å². The summed E-state index contributed by atoms with van der Waals surface area (Å²) in [7, 11) is 0. The van der Waals surface area contributed by atoms with Crippen molar-refractivity contribution in [2.24, 2.45) is 0 Å². The molecule has 0 aliphatic carbocycles. The maximum atomic E-state index is 11.9. The molecule has 0 aliphatic rings. The number of aromatic amines is 1. The van der Waals surface area contributed by atoms with E-state index >= 15 is 0 Å². The van der Waals surface area contributed by atoms with Crippen LogP contribution in [0.3, 0.4) is 0 Å². The third kappa shape index (κ3) is 2.92. The molecule has 5 heteroatoms. The lowest BCUT2D eigenvalue weighted by atomic mass is 9.99. The van der Waals surface area contributed by atoms with Gasteiger partial charge in [0.25, 0.3) is 0 Å². The van der Waals surface area contributed by atoms with Crippen LogP contribution in [0.15, 0.2) is 65.7 Å². The fourth-order valence-electron chi connectivity index (χ4n) is 3.12. The van der Waals surface area contributed by atoms with Gasteiger partial charge in [-0.3, -0.25) is 0 Å². The van der Waals surface area contributed by atoms with E-state index in [1.54, 1.807) is 6.33 Å². The van der Waals surface area contributed by atoms with Crippen LogP contribution in [-0.4, -0.2) is 19.9 Å². The fraction of sp³-hybridized carbons (Fsp3) is 0.100. The molecule has 0 radical (unpaired) electrons. The maximum absolute atomic E-state index is 11.9. The lowest BCUT2D eigenvalue weighted by Crippen LogP contribution is -2.16. The van der Waals surface area contributed by atoms with Crippen LogP contribution in [-0.2, 0) is 6.42 Å². The summed E-state index contributed by atoms with van der Waals surface area (Å²) in [6, 6.07) is 17.8. The van der Waals surface area contributed by atoms with Crippen molar-refractivity contribution in [3.8, 4) is 11.1 Å². The summed E-state index contributed by atoms with van der Waals surface area (Å²) in [6.07, 6.45) is 2.03. The van der Waals surface area contributed by atoms with Gasteiger partial charge < -0.3 is 4.98 Å². The van der Waals surface area contributed by atoms with E-state index in [2.05, 4.69) is 19.9 Å². The standard InChI is InChI=1S/C20H16N4O/c1-13-19(14-7-3-2-4-8-14)18(24-20(25)23-13)11-17-15-9-5-6-10-16(15)21-12-22-17/h2-10,12H,11H2,1H3,(H,23,24,25). The number of aryl methyl sites for hydroxylation is 1. The molecule has 2 heterocycles. The first-order valence-corrected chi connectivity index (χ1v) is 8.06. The summed E-state index contributed by atoms with van der Waals surface area (Å²) in [6.45, 7) is 1.90. The zero-order chi connectivity index (χ0) is 17.2. The second kappa shape index (κ2) is 6.28. The van der Waals surface area contributed by atoms with Gasteiger partial charge in [0.05, 0.1) is 16.9 Å². The topological polar surface area (TPSA) is 71.5 Å². The van der Waals surface area contributed by atoms with E-state index in [1.165, 1.54) is 0 Å². The van der Waals surface area contributed by atoms with Crippen LogP contribution in [0.4, 0.5) is 0 Å². The second-order valence-electron chi connectivity index (χ2n) is 5.87. The van der Waals surface area contributed by atoms with Crippen LogP contribution >= 0.6 is 0 Å². The van der Waals surface area contributed by atoms with E-state index in [-0.39, 0.29) is 5.69 Å². The van der Waals surface area contributed by atoms with Crippen molar-refractivity contribution >= 4 is 10.9 Å². The van der Waals surface area contributed by atoms with E-state index in [1.807, 2.05) is 61.5 Å². The van der Waals surface area contributed by atoms with Crippen molar-refractivity contribution in [3.63, 3.8) is 0 Å². The van der Waals surface area contributed by atoms with Crippen molar-refractivity contribution in [3.05, 3.63) is 88.5 Å². The van der Waals surface area contributed by atoms with Crippen LogP contribution in [0.25, 0.3) is 22.0 Å². The molecule has 1 N–H and O–H groups in total. The normalized spacial score (nSPS) is 10.9. The third-order valence-corrected chi connectivity index (χ3v) is 4.22. The van der Waals surface area contributed by atoms with Crippen LogP contribution in [0.1, 0.15) is 17.1 Å². The van der Waals surface area contributed by atoms with Crippen LogP contribution < -0.4 is 5.69 Å². The highest BCUT2D eigenvalue weighted by Crippen LogP contribution is 2.26. The number of rotatable bonds is 3. The number of hydrogen-bond donors (Lipinski definition) is 1. The summed E-state index contributed by atoms with van der Waals surface area (Å²) in [5.74, 6) is 0. The first kappa shape index (κ1) is 15.2. The number of aromatic nitrogens is 4. The average Bonchev–Trinajstić information content (AvgIpc) is 2.62. The molecule has 0 unspecified atom stereocenters. The van der Waals surface area contributed by atoms with Gasteiger partial charge >= 0.3 is 5.69 Å². The number of benzene rings is 2. The molecule has 0 saturated heterocycles. The minimum Gasteiger partial charge on any atom is -0.309 e. The molecule has 4 aromatic rings. The summed E-state index contributed by atoms with van der Waals surface area (Å²) in [5.41, 5.74) is 4.90. The summed E-state index contributed by atoms with van der Waals surface area (Å²) >= 11 is 0. The Kier molecular flexibility index (Phi) is 3.82. The second-order valence-corrected chi connectivity index (χ2v) is 5.87. The maximum Gasteiger partial charge on any atom is 0.345 e. The molecule has 0 aliphatic heterocycles. The van der Waals surface area contributed by atoms with Gasteiger partial charge in [0.1, 0.15) is 6.33 Å². The molecule has 5 nitrogen and oxygen atoms in total.